The number of pyridine rings is 2. The molecule has 5 heteroatoms. The third-order valence-corrected chi connectivity index (χ3v) is 8.02. The number of phenolic OH excluding ortho intramolecular Hbond substituents is 1. The van der Waals surface area contributed by atoms with Gasteiger partial charge in [0, 0.05) is 30.6 Å². The molecule has 0 aliphatic rings. The van der Waals surface area contributed by atoms with E-state index in [-0.39, 0.29) is 5.75 Å². The van der Waals surface area contributed by atoms with Crippen LogP contribution in [0.3, 0.4) is 0 Å². The van der Waals surface area contributed by atoms with Gasteiger partial charge in [0.25, 0.3) is 0 Å². The monoisotopic (exact) mass is 558 g/mol. The van der Waals surface area contributed by atoms with Crippen LogP contribution < -0.4 is 0 Å². The summed E-state index contributed by atoms with van der Waals surface area (Å²) in [5, 5.41) is 10.7. The van der Waals surface area contributed by atoms with Crippen LogP contribution in [0.1, 0.15) is 11.1 Å². The first kappa shape index (κ1) is 26.4. The Balaban J connectivity index is 1.44. The number of fused-ring (bicyclic) bond motifs is 1. The van der Waals surface area contributed by atoms with E-state index in [1.807, 2.05) is 61.4 Å². The number of aryl methyl sites for hydroxylation is 3. The van der Waals surface area contributed by atoms with Crippen LogP contribution in [0.2, 0.25) is 0 Å². The predicted molar refractivity (Wildman–Crippen MR) is 175 cm³/mol. The zero-order valence-electron chi connectivity index (χ0n) is 24.3. The second kappa shape index (κ2) is 10.7. The van der Waals surface area contributed by atoms with Crippen LogP contribution in [0.4, 0.5) is 0 Å². The number of hydrogen-bond donors (Lipinski definition) is 1. The Morgan fingerprint density at radius 2 is 1.30 bits per heavy atom. The molecule has 0 aliphatic heterocycles. The van der Waals surface area contributed by atoms with Crippen molar-refractivity contribution in [2.75, 3.05) is 0 Å². The summed E-state index contributed by atoms with van der Waals surface area (Å²) in [4.78, 5) is 14.6. The Hall–Kier alpha value is -5.55. The van der Waals surface area contributed by atoms with Crippen molar-refractivity contribution in [3.63, 3.8) is 0 Å². The van der Waals surface area contributed by atoms with Gasteiger partial charge in [0.15, 0.2) is 0 Å². The van der Waals surface area contributed by atoms with Crippen molar-refractivity contribution < 1.29 is 5.11 Å². The molecule has 1 N–H and O–H groups in total. The van der Waals surface area contributed by atoms with Gasteiger partial charge in [-0.15, -0.1) is 0 Å². The summed E-state index contributed by atoms with van der Waals surface area (Å²) in [6.45, 7) is 4.11. The maximum Gasteiger partial charge on any atom is 0.144 e. The molecule has 208 valence electrons. The maximum atomic E-state index is 10.7. The highest BCUT2D eigenvalue weighted by atomic mass is 16.3. The fourth-order valence-corrected chi connectivity index (χ4v) is 5.72. The lowest BCUT2D eigenvalue weighted by atomic mass is 9.93. The number of aromatic nitrogens is 4. The summed E-state index contributed by atoms with van der Waals surface area (Å²) in [6, 6.07) is 35.2. The number of phenols is 1. The van der Waals surface area contributed by atoms with E-state index in [1.54, 1.807) is 6.07 Å². The van der Waals surface area contributed by atoms with Gasteiger partial charge in [-0.3, -0.25) is 9.97 Å². The predicted octanol–water partition coefficient (Wildman–Crippen LogP) is 9.02. The summed E-state index contributed by atoms with van der Waals surface area (Å²) < 4.78 is 2.00. The lowest BCUT2D eigenvalue weighted by Gasteiger charge is -2.13. The molecule has 0 spiro atoms. The summed E-state index contributed by atoms with van der Waals surface area (Å²) in [5.74, 6) is 0.893. The van der Waals surface area contributed by atoms with E-state index >= 15 is 0 Å². The Morgan fingerprint density at radius 1 is 0.605 bits per heavy atom. The molecule has 4 aromatic carbocycles. The number of imidazole rings is 1. The quantitative estimate of drug-likeness (QED) is 0.229. The minimum absolute atomic E-state index is 0.201. The zero-order valence-corrected chi connectivity index (χ0v) is 24.3. The van der Waals surface area contributed by atoms with Gasteiger partial charge in [0.05, 0.1) is 23.0 Å². The van der Waals surface area contributed by atoms with Crippen LogP contribution in [0, 0.1) is 13.8 Å². The van der Waals surface area contributed by atoms with E-state index in [0.29, 0.717) is 11.4 Å². The van der Waals surface area contributed by atoms with Crippen molar-refractivity contribution in [3.8, 4) is 61.8 Å². The highest BCUT2D eigenvalue weighted by molar-refractivity contribution is 5.95. The van der Waals surface area contributed by atoms with Gasteiger partial charge in [-0.25, -0.2) is 4.98 Å². The number of benzene rings is 4. The minimum atomic E-state index is 0.201. The largest absolute Gasteiger partial charge is 0.507 e. The topological polar surface area (TPSA) is 63.8 Å². The first-order chi connectivity index (χ1) is 21.0. The van der Waals surface area contributed by atoms with Crippen LogP contribution in [0.25, 0.3) is 67.1 Å². The molecule has 3 aromatic heterocycles. The molecular formula is C38H30N4O. The number of hydrogen-bond acceptors (Lipinski definition) is 4. The van der Waals surface area contributed by atoms with Crippen LogP contribution in [0.5, 0.6) is 5.75 Å². The van der Waals surface area contributed by atoms with E-state index in [0.717, 1.165) is 66.8 Å². The van der Waals surface area contributed by atoms with Crippen LogP contribution >= 0.6 is 0 Å². The van der Waals surface area contributed by atoms with E-state index in [9.17, 15) is 5.11 Å². The van der Waals surface area contributed by atoms with Gasteiger partial charge < -0.3 is 9.67 Å². The minimum Gasteiger partial charge on any atom is -0.507 e. The van der Waals surface area contributed by atoms with Crippen molar-refractivity contribution >= 4 is 11.0 Å². The van der Waals surface area contributed by atoms with E-state index in [1.165, 1.54) is 0 Å². The molecule has 0 saturated carbocycles. The summed E-state index contributed by atoms with van der Waals surface area (Å²) in [5.41, 5.74) is 12.9. The second-order valence-electron chi connectivity index (χ2n) is 11.0. The van der Waals surface area contributed by atoms with Crippen LogP contribution in [-0.2, 0) is 7.05 Å². The molecule has 0 aliphatic carbocycles. The molecule has 43 heavy (non-hydrogen) atoms. The van der Waals surface area contributed by atoms with Gasteiger partial charge in [-0.05, 0) is 83.6 Å². The molecule has 0 amide bonds. The van der Waals surface area contributed by atoms with E-state index in [2.05, 4.69) is 84.7 Å². The fourth-order valence-electron chi connectivity index (χ4n) is 5.72. The molecule has 5 nitrogen and oxygen atoms in total. The summed E-state index contributed by atoms with van der Waals surface area (Å²) in [7, 11) is 1.96. The first-order valence-electron chi connectivity index (χ1n) is 14.3. The SMILES string of the molecule is Cc1ccc(O)c(-c2nc3c(-c4cc(-c5ccccc5)cc(-c5cc(-c6ccccc6)c(C)cn5)c4)cncc3n2C)c1. The molecule has 0 unspecified atom stereocenters. The Labute approximate surface area is 250 Å². The van der Waals surface area contributed by atoms with Gasteiger partial charge in [-0.2, -0.15) is 0 Å². The second-order valence-corrected chi connectivity index (χ2v) is 11.0. The Kier molecular flexibility index (Phi) is 6.55. The first-order valence-corrected chi connectivity index (χ1v) is 14.3. The lowest BCUT2D eigenvalue weighted by molar-refractivity contribution is 0.476. The average Bonchev–Trinajstić information content (AvgIpc) is 3.39. The standard InChI is InChI=1S/C38H30N4O/c1-24-14-15-36(43)32(16-24)38-41-37-33(22-39-23-35(37)42(38)3)29-17-28(26-10-6-4-7-11-26)18-30(19-29)34-20-31(25(2)21-40-34)27-12-8-5-9-13-27/h4-23,43H,1-3H3. The Bertz CT molecular complexity index is 2110. The van der Waals surface area contributed by atoms with Crippen molar-refractivity contribution in [2.45, 2.75) is 13.8 Å². The van der Waals surface area contributed by atoms with Gasteiger partial charge in [0.1, 0.15) is 17.1 Å². The zero-order chi connectivity index (χ0) is 29.5. The normalized spacial score (nSPS) is 11.2. The van der Waals surface area contributed by atoms with E-state index in [4.69, 9.17) is 9.97 Å². The van der Waals surface area contributed by atoms with Crippen LogP contribution in [-0.4, -0.2) is 24.6 Å². The molecular weight excluding hydrogens is 528 g/mol. The number of nitrogens with zero attached hydrogens (tertiary/aromatic N) is 4. The molecule has 0 saturated heterocycles. The molecule has 0 radical (unpaired) electrons. The van der Waals surface area contributed by atoms with Crippen molar-refractivity contribution in [1.29, 1.82) is 0 Å². The third kappa shape index (κ3) is 4.85. The molecule has 0 bridgehead atoms. The van der Waals surface area contributed by atoms with Crippen LogP contribution in [0.15, 0.2) is 122 Å². The summed E-state index contributed by atoms with van der Waals surface area (Å²) in [6.07, 6.45) is 5.66. The summed E-state index contributed by atoms with van der Waals surface area (Å²) >= 11 is 0. The van der Waals surface area contributed by atoms with Gasteiger partial charge >= 0.3 is 0 Å². The number of aromatic hydroxyl groups is 1. The highest BCUT2D eigenvalue weighted by Gasteiger charge is 2.18. The van der Waals surface area contributed by atoms with Crippen molar-refractivity contribution in [1.82, 2.24) is 19.5 Å². The smallest absolute Gasteiger partial charge is 0.144 e. The Morgan fingerprint density at radius 3 is 2.07 bits per heavy atom. The van der Waals surface area contributed by atoms with Crippen molar-refractivity contribution in [2.24, 2.45) is 7.05 Å². The average molecular weight is 559 g/mol. The lowest BCUT2D eigenvalue weighted by Crippen LogP contribution is -1.94. The van der Waals surface area contributed by atoms with Crippen molar-refractivity contribution in [3.05, 3.63) is 133 Å². The van der Waals surface area contributed by atoms with Gasteiger partial charge in [0.2, 0.25) is 0 Å². The maximum absolute atomic E-state index is 10.7. The third-order valence-electron chi connectivity index (χ3n) is 8.02. The molecule has 3 heterocycles. The molecule has 0 fully saturated rings. The fraction of sp³-hybridized carbons (Fsp3) is 0.0789. The highest BCUT2D eigenvalue weighted by Crippen LogP contribution is 2.38. The van der Waals surface area contributed by atoms with E-state index < -0.39 is 0 Å². The molecule has 7 aromatic rings. The number of rotatable bonds is 5. The van der Waals surface area contributed by atoms with Gasteiger partial charge in [-0.1, -0.05) is 72.3 Å². The molecule has 7 rings (SSSR count). The molecule has 0 atom stereocenters.